The van der Waals surface area contributed by atoms with Gasteiger partial charge in [0.25, 0.3) is 5.56 Å². The van der Waals surface area contributed by atoms with E-state index < -0.39 is 0 Å². The lowest BCUT2D eigenvalue weighted by Gasteiger charge is -2.14. The van der Waals surface area contributed by atoms with Crippen molar-refractivity contribution in [2.24, 2.45) is 0 Å². The molecule has 0 N–H and O–H groups in total. The van der Waals surface area contributed by atoms with E-state index in [1.54, 1.807) is 23.8 Å². The molecule has 0 amide bonds. The van der Waals surface area contributed by atoms with E-state index in [0.29, 0.717) is 33.9 Å². The van der Waals surface area contributed by atoms with Crippen molar-refractivity contribution < 1.29 is 4.74 Å². The quantitative estimate of drug-likeness (QED) is 0.341. The minimum atomic E-state index is -0.0725. The van der Waals surface area contributed by atoms with Crippen LogP contribution in [-0.2, 0) is 12.3 Å². The van der Waals surface area contributed by atoms with Crippen LogP contribution in [0.5, 0.6) is 5.75 Å². The highest BCUT2D eigenvalue weighted by molar-refractivity contribution is 7.98. The Kier molecular flexibility index (Phi) is 5.82. The highest BCUT2D eigenvalue weighted by Crippen LogP contribution is 2.24. The third kappa shape index (κ3) is 4.22. The van der Waals surface area contributed by atoms with Crippen LogP contribution < -0.4 is 10.3 Å². The zero-order valence-electron chi connectivity index (χ0n) is 16.4. The second kappa shape index (κ2) is 8.85. The molecule has 148 valence electrons. The average Bonchev–Trinajstić information content (AvgIpc) is 2.80. The molecule has 0 atom stereocenters. The van der Waals surface area contributed by atoms with Gasteiger partial charge >= 0.3 is 0 Å². The first kappa shape index (κ1) is 19.7. The number of para-hydroxylation sites is 1. The van der Waals surface area contributed by atoms with E-state index in [1.807, 2.05) is 60.7 Å². The topological polar surface area (TPSA) is 67.9 Å². The van der Waals surface area contributed by atoms with E-state index in [9.17, 15) is 4.79 Å². The molecule has 1 heterocycles. The van der Waals surface area contributed by atoms with Gasteiger partial charge < -0.3 is 4.74 Å². The van der Waals surface area contributed by atoms with Gasteiger partial charge in [0.1, 0.15) is 5.75 Å². The Balaban J connectivity index is 1.73. The summed E-state index contributed by atoms with van der Waals surface area (Å²) in [6, 6.07) is 24.7. The highest BCUT2D eigenvalue weighted by atomic mass is 32.2. The Bertz CT molecular complexity index is 1310. The van der Waals surface area contributed by atoms with Gasteiger partial charge in [-0.2, -0.15) is 5.26 Å². The number of thioether (sulfide) groups is 1. The predicted octanol–water partition coefficient (Wildman–Crippen LogP) is 4.62. The molecular weight excluding hydrogens is 394 g/mol. The minimum absolute atomic E-state index is 0.0725. The molecule has 3 aromatic carbocycles. The van der Waals surface area contributed by atoms with Crippen LogP contribution in [0.2, 0.25) is 0 Å². The van der Waals surface area contributed by atoms with Crippen LogP contribution in [0.1, 0.15) is 16.7 Å². The maximum atomic E-state index is 13.3. The van der Waals surface area contributed by atoms with Crippen LogP contribution >= 0.6 is 11.8 Å². The molecule has 0 bridgehead atoms. The van der Waals surface area contributed by atoms with Crippen LogP contribution in [0.3, 0.4) is 0 Å². The summed E-state index contributed by atoms with van der Waals surface area (Å²) in [5, 5.41) is 10.4. The largest absolute Gasteiger partial charge is 0.497 e. The third-order valence-corrected chi connectivity index (χ3v) is 5.77. The van der Waals surface area contributed by atoms with E-state index in [1.165, 1.54) is 11.8 Å². The third-order valence-electron chi connectivity index (χ3n) is 4.73. The number of ether oxygens (including phenoxy) is 1. The smallest absolute Gasteiger partial charge is 0.262 e. The van der Waals surface area contributed by atoms with Crippen LogP contribution in [0.15, 0.2) is 82.7 Å². The van der Waals surface area contributed by atoms with Crippen molar-refractivity contribution in [1.82, 2.24) is 9.55 Å². The molecule has 0 fully saturated rings. The molecule has 0 saturated carbocycles. The van der Waals surface area contributed by atoms with Crippen molar-refractivity contribution in [3.8, 4) is 11.8 Å². The molecule has 0 radical (unpaired) electrons. The van der Waals surface area contributed by atoms with Crippen LogP contribution in [0, 0.1) is 11.3 Å². The fraction of sp³-hybridized carbons (Fsp3) is 0.125. The number of benzene rings is 3. The number of hydrogen-bond donors (Lipinski definition) is 0. The molecule has 0 aliphatic heterocycles. The number of rotatable bonds is 6. The molecule has 0 aliphatic rings. The lowest BCUT2D eigenvalue weighted by molar-refractivity contribution is 0.414. The first-order valence-corrected chi connectivity index (χ1v) is 10.4. The van der Waals surface area contributed by atoms with E-state index in [4.69, 9.17) is 15.0 Å². The molecule has 4 aromatic rings. The molecule has 30 heavy (non-hydrogen) atoms. The van der Waals surface area contributed by atoms with Crippen LogP contribution in [0.25, 0.3) is 10.9 Å². The Morgan fingerprint density at radius 2 is 1.83 bits per heavy atom. The van der Waals surface area contributed by atoms with Crippen molar-refractivity contribution >= 4 is 22.7 Å². The summed E-state index contributed by atoms with van der Waals surface area (Å²) in [5.74, 6) is 1.36. The maximum Gasteiger partial charge on any atom is 0.262 e. The molecule has 6 heteroatoms. The summed E-state index contributed by atoms with van der Waals surface area (Å²) in [6.45, 7) is 0.397. The second-order valence-electron chi connectivity index (χ2n) is 6.76. The van der Waals surface area contributed by atoms with Gasteiger partial charge in [0.05, 0.1) is 36.2 Å². The highest BCUT2D eigenvalue weighted by Gasteiger charge is 2.13. The van der Waals surface area contributed by atoms with Gasteiger partial charge in [-0.3, -0.25) is 9.36 Å². The lowest BCUT2D eigenvalue weighted by atomic mass is 10.2. The Morgan fingerprint density at radius 3 is 2.67 bits per heavy atom. The summed E-state index contributed by atoms with van der Waals surface area (Å²) >= 11 is 1.49. The van der Waals surface area contributed by atoms with Crippen LogP contribution in [-0.4, -0.2) is 16.7 Å². The van der Waals surface area contributed by atoms with Gasteiger partial charge in [0.15, 0.2) is 5.16 Å². The molecule has 0 unspecified atom stereocenters. The van der Waals surface area contributed by atoms with Gasteiger partial charge in [0, 0.05) is 5.75 Å². The molecule has 4 rings (SSSR count). The molecule has 5 nitrogen and oxygen atoms in total. The number of nitriles is 1. The van der Waals surface area contributed by atoms with Crippen molar-refractivity contribution in [2.75, 3.05) is 7.11 Å². The first-order chi connectivity index (χ1) is 14.7. The number of fused-ring (bicyclic) bond motifs is 1. The van der Waals surface area contributed by atoms with Gasteiger partial charge in [-0.1, -0.05) is 48.2 Å². The fourth-order valence-electron chi connectivity index (χ4n) is 3.23. The maximum absolute atomic E-state index is 13.3. The van der Waals surface area contributed by atoms with Crippen molar-refractivity contribution in [3.05, 3.63) is 99.8 Å². The van der Waals surface area contributed by atoms with E-state index in [2.05, 4.69) is 6.07 Å². The van der Waals surface area contributed by atoms with Crippen molar-refractivity contribution in [2.45, 2.75) is 17.5 Å². The molecule has 0 spiro atoms. The Labute approximate surface area is 178 Å². The van der Waals surface area contributed by atoms with E-state index >= 15 is 0 Å². The van der Waals surface area contributed by atoms with Gasteiger partial charge in [0.2, 0.25) is 0 Å². The van der Waals surface area contributed by atoms with Crippen molar-refractivity contribution in [1.29, 1.82) is 5.26 Å². The summed E-state index contributed by atoms with van der Waals surface area (Å²) < 4.78 is 7.02. The summed E-state index contributed by atoms with van der Waals surface area (Å²) in [4.78, 5) is 18.0. The molecule has 1 aromatic heterocycles. The number of aromatic nitrogens is 2. The molecule has 0 aliphatic carbocycles. The monoisotopic (exact) mass is 413 g/mol. The Morgan fingerprint density at radius 1 is 1.03 bits per heavy atom. The normalized spacial score (nSPS) is 10.7. The van der Waals surface area contributed by atoms with Gasteiger partial charge in [-0.05, 0) is 47.5 Å². The minimum Gasteiger partial charge on any atom is -0.497 e. The lowest BCUT2D eigenvalue weighted by Crippen LogP contribution is -2.24. The second-order valence-corrected chi connectivity index (χ2v) is 7.70. The summed E-state index contributed by atoms with van der Waals surface area (Å²) in [6.07, 6.45) is 0. The van der Waals surface area contributed by atoms with Crippen LogP contribution in [0.4, 0.5) is 0 Å². The SMILES string of the molecule is COc1cccc(Cn2c(SCc3cccc(C#N)c3)nc3ccccc3c2=O)c1. The zero-order valence-corrected chi connectivity index (χ0v) is 17.2. The van der Waals surface area contributed by atoms with Crippen molar-refractivity contribution in [3.63, 3.8) is 0 Å². The number of hydrogen-bond acceptors (Lipinski definition) is 5. The number of methoxy groups -OCH3 is 1. The standard InChI is InChI=1S/C24H19N3O2S/c1-29-20-9-5-7-18(13-20)15-27-23(28)21-10-2-3-11-22(21)26-24(27)30-16-19-8-4-6-17(12-19)14-25/h2-13H,15-16H2,1H3. The van der Waals surface area contributed by atoms with Gasteiger partial charge in [-0.25, -0.2) is 4.98 Å². The van der Waals surface area contributed by atoms with E-state index in [0.717, 1.165) is 16.9 Å². The summed E-state index contributed by atoms with van der Waals surface area (Å²) in [7, 11) is 1.62. The molecule has 0 saturated heterocycles. The number of nitrogens with zero attached hydrogens (tertiary/aromatic N) is 3. The average molecular weight is 414 g/mol. The van der Waals surface area contributed by atoms with E-state index in [-0.39, 0.29) is 5.56 Å². The van der Waals surface area contributed by atoms with Gasteiger partial charge in [-0.15, -0.1) is 0 Å². The predicted molar refractivity (Wildman–Crippen MR) is 119 cm³/mol. The summed E-state index contributed by atoms with van der Waals surface area (Å²) in [5.41, 5.74) is 3.19. The first-order valence-electron chi connectivity index (χ1n) is 9.42. The fourth-order valence-corrected chi connectivity index (χ4v) is 4.17. The zero-order chi connectivity index (χ0) is 20.9. The Hall–Kier alpha value is -3.56. The molecular formula is C24H19N3O2S.